The fourth-order valence-corrected chi connectivity index (χ4v) is 7.25. The molecule has 0 fully saturated rings. The van der Waals surface area contributed by atoms with Crippen molar-refractivity contribution in [1.29, 1.82) is 0 Å². The summed E-state index contributed by atoms with van der Waals surface area (Å²) in [6, 6.07) is 45.6. The summed E-state index contributed by atoms with van der Waals surface area (Å²) in [6.07, 6.45) is -9.02. The number of alkyl halides is 6. The van der Waals surface area contributed by atoms with Gasteiger partial charge in [-0.05, 0) is 119 Å². The molecule has 1 heterocycles. The number of halogens is 6. The molecule has 0 N–H and O–H groups in total. The van der Waals surface area contributed by atoms with Crippen molar-refractivity contribution in [3.05, 3.63) is 174 Å². The fourth-order valence-electron chi connectivity index (χ4n) is 7.25. The highest BCUT2D eigenvalue weighted by Gasteiger charge is 2.32. The topological polar surface area (TPSA) is 4.93 Å². The van der Waals surface area contributed by atoms with E-state index in [1.165, 1.54) is 0 Å². The maximum Gasteiger partial charge on any atom is 0.416 e. The molecule has 7 aromatic carbocycles. The third kappa shape index (κ3) is 6.48. The van der Waals surface area contributed by atoms with Gasteiger partial charge in [0, 0.05) is 16.3 Å². The van der Waals surface area contributed by atoms with Gasteiger partial charge in [0.15, 0.2) is 0 Å². The lowest BCUT2D eigenvalue weighted by Gasteiger charge is -2.15. The van der Waals surface area contributed by atoms with Crippen molar-refractivity contribution in [2.24, 2.45) is 0 Å². The van der Waals surface area contributed by atoms with Crippen molar-refractivity contribution in [1.82, 2.24) is 4.57 Å². The highest BCUT2D eigenvalue weighted by Crippen LogP contribution is 2.42. The molecule has 0 unspecified atom stereocenters. The van der Waals surface area contributed by atoms with Crippen LogP contribution in [0, 0.1) is 13.8 Å². The predicted molar refractivity (Wildman–Crippen MR) is 202 cm³/mol. The maximum absolute atomic E-state index is 13.9. The highest BCUT2D eigenvalue weighted by atomic mass is 19.4. The van der Waals surface area contributed by atoms with E-state index >= 15 is 0 Å². The van der Waals surface area contributed by atoms with Gasteiger partial charge in [-0.2, -0.15) is 26.3 Å². The Balaban J connectivity index is 1.35. The molecular formula is C46H31F6N. The summed E-state index contributed by atoms with van der Waals surface area (Å²) in [4.78, 5) is 0. The van der Waals surface area contributed by atoms with E-state index < -0.39 is 23.5 Å². The summed E-state index contributed by atoms with van der Waals surface area (Å²) in [7, 11) is 0. The van der Waals surface area contributed by atoms with E-state index in [9.17, 15) is 26.3 Å². The van der Waals surface area contributed by atoms with Crippen LogP contribution in [0.2, 0.25) is 0 Å². The lowest BCUT2D eigenvalue weighted by Crippen LogP contribution is -2.05. The first-order valence-corrected chi connectivity index (χ1v) is 17.1. The Labute approximate surface area is 302 Å². The Morgan fingerprint density at radius 3 is 1.32 bits per heavy atom. The average molecular weight is 712 g/mol. The molecule has 0 aliphatic carbocycles. The molecule has 262 valence electrons. The second-order valence-corrected chi connectivity index (χ2v) is 13.4. The van der Waals surface area contributed by atoms with Crippen LogP contribution in [0.4, 0.5) is 26.3 Å². The van der Waals surface area contributed by atoms with E-state index in [4.69, 9.17) is 0 Å². The summed E-state index contributed by atoms with van der Waals surface area (Å²) in [5.74, 6) is 0. The van der Waals surface area contributed by atoms with Gasteiger partial charge >= 0.3 is 12.4 Å². The normalized spacial score (nSPS) is 12.2. The average Bonchev–Trinajstić information content (AvgIpc) is 3.47. The van der Waals surface area contributed by atoms with Crippen LogP contribution in [0.25, 0.3) is 72.0 Å². The molecule has 7 heteroatoms. The highest BCUT2D eigenvalue weighted by molar-refractivity contribution is 6.12. The van der Waals surface area contributed by atoms with Crippen molar-refractivity contribution in [2.75, 3.05) is 0 Å². The molecule has 0 aliphatic rings. The molecule has 0 bridgehead atoms. The first-order chi connectivity index (χ1) is 25.3. The molecule has 0 saturated heterocycles. The molecule has 1 nitrogen and oxygen atoms in total. The minimum Gasteiger partial charge on any atom is -0.309 e. The molecule has 8 aromatic rings. The summed E-state index contributed by atoms with van der Waals surface area (Å²) in [5, 5.41) is 1.51. The van der Waals surface area contributed by atoms with E-state index in [-0.39, 0.29) is 0 Å². The van der Waals surface area contributed by atoms with Crippen LogP contribution in [-0.4, -0.2) is 4.57 Å². The monoisotopic (exact) mass is 711 g/mol. The van der Waals surface area contributed by atoms with Gasteiger partial charge in [-0.15, -0.1) is 0 Å². The number of rotatable bonds is 5. The van der Waals surface area contributed by atoms with Crippen LogP contribution >= 0.6 is 0 Å². The summed E-state index contributed by atoms with van der Waals surface area (Å²) >= 11 is 0. The number of nitrogens with zero attached hydrogens (tertiary/aromatic N) is 1. The molecule has 0 amide bonds. The van der Waals surface area contributed by atoms with Crippen LogP contribution < -0.4 is 0 Å². The maximum atomic E-state index is 13.9. The van der Waals surface area contributed by atoms with E-state index in [1.807, 2.05) is 78.9 Å². The first kappa shape index (κ1) is 34.0. The van der Waals surface area contributed by atoms with Gasteiger partial charge in [0.25, 0.3) is 0 Å². The van der Waals surface area contributed by atoms with E-state index in [1.54, 1.807) is 26.0 Å². The standard InChI is InChI=1S/C46H31F6N/c1-28-20-35(24-37(22-28)45(47,48)49)33-16-18-43-40(26-33)41-27-34(36-21-29(2)23-38(25-36)46(50,51)52)17-19-44(41)53(43)42-11-7-6-10-39(42)32-14-12-31(13-15-32)30-8-4-3-5-9-30/h3-27H,1-2H3. The molecule has 0 radical (unpaired) electrons. The first-order valence-electron chi connectivity index (χ1n) is 17.1. The SMILES string of the molecule is Cc1cc(-c2ccc3c(c2)c2cc(-c4cc(C)cc(C(F)(F)F)c4)ccc2n3-c2ccccc2-c2ccc(-c3ccccc3)cc2)cc(C(F)(F)F)c1. The molecule has 0 saturated carbocycles. The van der Waals surface area contributed by atoms with E-state index in [0.717, 1.165) is 74.0 Å². The second-order valence-electron chi connectivity index (χ2n) is 13.4. The Kier molecular flexibility index (Phi) is 8.25. The van der Waals surface area contributed by atoms with E-state index in [0.29, 0.717) is 33.4 Å². The number of hydrogen-bond acceptors (Lipinski definition) is 0. The molecule has 0 spiro atoms. The zero-order chi connectivity index (χ0) is 37.1. The third-order valence-corrected chi connectivity index (χ3v) is 9.69. The Morgan fingerprint density at radius 1 is 0.377 bits per heavy atom. The van der Waals surface area contributed by atoms with Gasteiger partial charge in [-0.3, -0.25) is 0 Å². The van der Waals surface area contributed by atoms with Gasteiger partial charge in [0.05, 0.1) is 27.8 Å². The van der Waals surface area contributed by atoms with Gasteiger partial charge in [-0.25, -0.2) is 0 Å². The summed E-state index contributed by atoms with van der Waals surface area (Å²) < 4.78 is 85.3. The molecule has 0 atom stereocenters. The summed E-state index contributed by atoms with van der Waals surface area (Å²) in [6.45, 7) is 3.27. The Bertz CT molecular complexity index is 2530. The van der Waals surface area contributed by atoms with Crippen molar-refractivity contribution in [2.45, 2.75) is 26.2 Å². The minimum absolute atomic E-state index is 0.420. The van der Waals surface area contributed by atoms with Gasteiger partial charge in [0.2, 0.25) is 0 Å². The molecule has 1 aromatic heterocycles. The predicted octanol–water partition coefficient (Wildman–Crippen LogP) is 14.1. The number of aryl methyl sites for hydroxylation is 2. The molecule has 0 aliphatic heterocycles. The molecular weight excluding hydrogens is 681 g/mol. The van der Waals surface area contributed by atoms with Crippen LogP contribution in [0.3, 0.4) is 0 Å². The lowest BCUT2D eigenvalue weighted by atomic mass is 9.96. The Hall–Kier alpha value is -6.08. The van der Waals surface area contributed by atoms with Crippen molar-refractivity contribution in [3.63, 3.8) is 0 Å². The van der Waals surface area contributed by atoms with Gasteiger partial charge in [0.1, 0.15) is 0 Å². The Morgan fingerprint density at radius 2 is 0.811 bits per heavy atom. The summed E-state index contributed by atoms with van der Waals surface area (Å²) in [5.41, 5.74) is 8.14. The zero-order valence-electron chi connectivity index (χ0n) is 28.6. The minimum atomic E-state index is -4.51. The van der Waals surface area contributed by atoms with Crippen LogP contribution in [0.5, 0.6) is 0 Å². The largest absolute Gasteiger partial charge is 0.416 e. The lowest BCUT2D eigenvalue weighted by molar-refractivity contribution is -0.138. The van der Waals surface area contributed by atoms with Crippen LogP contribution in [0.1, 0.15) is 22.3 Å². The number of hydrogen-bond donors (Lipinski definition) is 0. The van der Waals surface area contributed by atoms with Crippen LogP contribution in [-0.2, 0) is 12.4 Å². The molecule has 53 heavy (non-hydrogen) atoms. The zero-order valence-corrected chi connectivity index (χ0v) is 28.6. The van der Waals surface area contributed by atoms with Crippen molar-refractivity contribution < 1.29 is 26.3 Å². The van der Waals surface area contributed by atoms with E-state index in [2.05, 4.69) is 41.0 Å². The third-order valence-electron chi connectivity index (χ3n) is 9.69. The number of fused-ring (bicyclic) bond motifs is 3. The fraction of sp³-hybridized carbons (Fsp3) is 0.0870. The second kappa shape index (κ2) is 12.8. The van der Waals surface area contributed by atoms with Crippen molar-refractivity contribution >= 4 is 21.8 Å². The van der Waals surface area contributed by atoms with Crippen molar-refractivity contribution in [3.8, 4) is 50.2 Å². The number of aromatic nitrogens is 1. The van der Waals surface area contributed by atoms with Gasteiger partial charge < -0.3 is 4.57 Å². The van der Waals surface area contributed by atoms with Crippen LogP contribution in [0.15, 0.2) is 152 Å². The van der Waals surface area contributed by atoms with Gasteiger partial charge in [-0.1, -0.05) is 97.1 Å². The smallest absolute Gasteiger partial charge is 0.309 e. The molecule has 8 rings (SSSR count). The number of benzene rings is 7. The number of para-hydroxylation sites is 1. The quantitative estimate of drug-likeness (QED) is 0.157.